The van der Waals surface area contributed by atoms with Gasteiger partial charge in [-0.05, 0) is 59.8 Å². The fourth-order valence-electron chi connectivity index (χ4n) is 3.14. The molecule has 3 aromatic carbocycles. The first-order valence-corrected chi connectivity index (χ1v) is 11.5. The number of hydrogen-bond donors (Lipinski definition) is 2. The summed E-state index contributed by atoms with van der Waals surface area (Å²) in [6.45, 7) is 0.0730. The third kappa shape index (κ3) is 5.23. The monoisotopic (exact) mass is 479 g/mol. The van der Waals surface area contributed by atoms with Gasteiger partial charge in [0.25, 0.3) is 0 Å². The molecule has 1 aromatic heterocycles. The summed E-state index contributed by atoms with van der Waals surface area (Å²) in [6.07, 6.45) is 0. The van der Waals surface area contributed by atoms with Gasteiger partial charge in [-0.1, -0.05) is 24.3 Å². The molecule has 0 aliphatic rings. The molecule has 0 unspecified atom stereocenters. The molecule has 6 nitrogen and oxygen atoms in total. The van der Waals surface area contributed by atoms with E-state index < -0.39 is 15.5 Å². The molecule has 4 aromatic rings. The van der Waals surface area contributed by atoms with Crippen molar-refractivity contribution < 1.29 is 26.3 Å². The molecule has 0 saturated heterocycles. The van der Waals surface area contributed by atoms with E-state index >= 15 is 0 Å². The van der Waals surface area contributed by atoms with Crippen molar-refractivity contribution >= 4 is 32.8 Å². The first-order valence-electron chi connectivity index (χ1n) is 9.18. The number of benzene rings is 3. The van der Waals surface area contributed by atoms with Crippen molar-refractivity contribution in [2.45, 2.75) is 21.9 Å². The first-order chi connectivity index (χ1) is 15.1. The summed E-state index contributed by atoms with van der Waals surface area (Å²) in [6, 6.07) is 17.3. The Balaban J connectivity index is 1.52. The average Bonchev–Trinajstić information content (AvgIpc) is 3.14. The van der Waals surface area contributed by atoms with Crippen molar-refractivity contribution in [1.29, 1.82) is 0 Å². The van der Waals surface area contributed by atoms with Crippen LogP contribution in [0, 0.1) is 0 Å². The summed E-state index contributed by atoms with van der Waals surface area (Å²) < 4.78 is 66.6. The average molecular weight is 480 g/mol. The summed E-state index contributed by atoms with van der Waals surface area (Å²) >= 11 is -0.191. The lowest BCUT2D eigenvalue weighted by molar-refractivity contribution is -0.0328. The Hall–Kier alpha value is -3.02. The van der Waals surface area contributed by atoms with Gasteiger partial charge in [-0.25, -0.2) is 18.5 Å². The number of sulfonamides is 1. The largest absolute Gasteiger partial charge is 0.486 e. The Labute approximate surface area is 185 Å². The van der Waals surface area contributed by atoms with Crippen molar-refractivity contribution in [2.24, 2.45) is 5.14 Å². The molecule has 0 radical (unpaired) electrons. The van der Waals surface area contributed by atoms with Crippen LogP contribution in [0.25, 0.3) is 22.2 Å². The molecule has 166 valence electrons. The number of nitrogens with zero attached hydrogens (tertiary/aromatic N) is 1. The number of nitrogens with one attached hydrogen (secondary N) is 1. The summed E-state index contributed by atoms with van der Waals surface area (Å²) in [5.41, 5.74) is -1.90. The highest BCUT2D eigenvalue weighted by Crippen LogP contribution is 2.37. The van der Waals surface area contributed by atoms with E-state index in [0.717, 1.165) is 0 Å². The molecule has 0 aliphatic carbocycles. The summed E-state index contributed by atoms with van der Waals surface area (Å²) in [5.74, 6) is 0.908. The van der Waals surface area contributed by atoms with E-state index in [4.69, 9.17) is 9.88 Å². The Morgan fingerprint density at radius 1 is 1.03 bits per heavy atom. The second-order valence-corrected chi connectivity index (χ2v) is 9.43. The number of ether oxygens (including phenoxy) is 1. The molecule has 32 heavy (non-hydrogen) atoms. The molecule has 0 fully saturated rings. The van der Waals surface area contributed by atoms with Crippen molar-refractivity contribution in [2.75, 3.05) is 0 Å². The normalized spacial score (nSPS) is 12.2. The van der Waals surface area contributed by atoms with Gasteiger partial charge in [0.05, 0.1) is 15.9 Å². The van der Waals surface area contributed by atoms with Crippen LogP contribution in [0.1, 0.15) is 5.82 Å². The minimum absolute atomic E-state index is 0.0227. The van der Waals surface area contributed by atoms with E-state index in [2.05, 4.69) is 9.97 Å². The number of primary sulfonamides is 1. The Morgan fingerprint density at radius 2 is 1.75 bits per heavy atom. The lowest BCUT2D eigenvalue weighted by atomic mass is 10.1. The molecule has 0 amide bonds. The Kier molecular flexibility index (Phi) is 5.89. The smallest absolute Gasteiger partial charge is 0.446 e. The Bertz CT molecular complexity index is 1370. The van der Waals surface area contributed by atoms with Gasteiger partial charge >= 0.3 is 5.51 Å². The topological polar surface area (TPSA) is 98.1 Å². The quantitative estimate of drug-likeness (QED) is 0.377. The molecule has 0 spiro atoms. The van der Waals surface area contributed by atoms with E-state index in [1.165, 1.54) is 30.3 Å². The Morgan fingerprint density at radius 3 is 2.44 bits per heavy atom. The zero-order chi connectivity index (χ0) is 22.9. The maximum absolute atomic E-state index is 12.4. The zero-order valence-electron chi connectivity index (χ0n) is 16.3. The fourth-order valence-corrected chi connectivity index (χ4v) is 4.44. The van der Waals surface area contributed by atoms with Crippen LogP contribution < -0.4 is 9.88 Å². The highest BCUT2D eigenvalue weighted by Gasteiger charge is 2.29. The second-order valence-electron chi connectivity index (χ2n) is 6.76. The van der Waals surface area contributed by atoms with Crippen molar-refractivity contribution in [3.63, 3.8) is 0 Å². The number of H-pyrrole nitrogens is 1. The highest BCUT2D eigenvalue weighted by atomic mass is 32.2. The van der Waals surface area contributed by atoms with E-state index in [1.54, 1.807) is 36.4 Å². The van der Waals surface area contributed by atoms with Gasteiger partial charge in [-0.3, -0.25) is 0 Å². The third-order valence-electron chi connectivity index (χ3n) is 4.47. The van der Waals surface area contributed by atoms with Gasteiger partial charge in [0.15, 0.2) is 0 Å². The lowest BCUT2D eigenvalue weighted by Gasteiger charge is -2.07. The number of hydrogen-bond acceptors (Lipinski definition) is 5. The van der Waals surface area contributed by atoms with E-state index in [9.17, 15) is 21.6 Å². The number of nitrogens with two attached hydrogens (primary N) is 1. The molecular formula is C21H16F3N3O3S2. The maximum Gasteiger partial charge on any atom is 0.446 e. The number of aromatic nitrogens is 2. The molecule has 0 aliphatic heterocycles. The van der Waals surface area contributed by atoms with Crippen LogP contribution in [0.15, 0.2) is 76.5 Å². The van der Waals surface area contributed by atoms with Gasteiger partial charge in [0.1, 0.15) is 18.2 Å². The SMILES string of the molecule is NS(=O)(=O)c1ccccc1-c1ccc2nc(COc3ccc(SC(F)(F)F)cc3)[nH]c2c1. The van der Waals surface area contributed by atoms with Crippen LogP contribution in [0.4, 0.5) is 13.2 Å². The maximum atomic E-state index is 12.4. The third-order valence-corrected chi connectivity index (χ3v) is 6.18. The van der Waals surface area contributed by atoms with Crippen molar-refractivity contribution in [1.82, 2.24) is 9.97 Å². The molecule has 1 heterocycles. The number of fused-ring (bicyclic) bond motifs is 1. The van der Waals surface area contributed by atoms with Gasteiger partial charge in [-0.2, -0.15) is 13.2 Å². The zero-order valence-corrected chi connectivity index (χ0v) is 17.9. The van der Waals surface area contributed by atoms with Gasteiger partial charge in [0.2, 0.25) is 10.0 Å². The number of halogens is 3. The highest BCUT2D eigenvalue weighted by molar-refractivity contribution is 8.00. The number of imidazole rings is 1. The van der Waals surface area contributed by atoms with E-state index in [1.807, 2.05) is 0 Å². The van der Waals surface area contributed by atoms with Gasteiger partial charge in [0, 0.05) is 10.5 Å². The molecule has 0 atom stereocenters. The molecule has 0 bridgehead atoms. The fraction of sp³-hybridized carbons (Fsp3) is 0.0952. The summed E-state index contributed by atoms with van der Waals surface area (Å²) in [5, 5.41) is 5.32. The first kappa shape index (κ1) is 22.2. The molecule has 3 N–H and O–H groups in total. The van der Waals surface area contributed by atoms with Crippen LogP contribution in [0.2, 0.25) is 0 Å². The molecule has 11 heteroatoms. The number of rotatable bonds is 6. The number of thioether (sulfide) groups is 1. The van der Waals surface area contributed by atoms with Crippen LogP contribution in [0.5, 0.6) is 5.75 Å². The summed E-state index contributed by atoms with van der Waals surface area (Å²) in [4.78, 5) is 7.62. The van der Waals surface area contributed by atoms with Gasteiger partial charge < -0.3 is 9.72 Å². The van der Waals surface area contributed by atoms with Crippen LogP contribution in [-0.2, 0) is 16.6 Å². The predicted octanol–water partition coefficient (Wildman–Crippen LogP) is 5.07. The van der Waals surface area contributed by atoms with Crippen LogP contribution in [-0.4, -0.2) is 23.9 Å². The summed E-state index contributed by atoms with van der Waals surface area (Å²) in [7, 11) is -3.89. The van der Waals surface area contributed by atoms with E-state index in [-0.39, 0.29) is 28.2 Å². The van der Waals surface area contributed by atoms with Crippen LogP contribution in [0.3, 0.4) is 0 Å². The molecule has 0 saturated carbocycles. The second kappa shape index (κ2) is 8.49. The van der Waals surface area contributed by atoms with Crippen molar-refractivity contribution in [3.8, 4) is 16.9 Å². The number of aromatic amines is 1. The minimum atomic E-state index is -4.34. The number of alkyl halides is 3. The predicted molar refractivity (Wildman–Crippen MR) is 116 cm³/mol. The minimum Gasteiger partial charge on any atom is -0.486 e. The van der Waals surface area contributed by atoms with Crippen molar-refractivity contribution in [3.05, 3.63) is 72.6 Å². The lowest BCUT2D eigenvalue weighted by Crippen LogP contribution is -2.13. The van der Waals surface area contributed by atoms with Crippen LogP contribution >= 0.6 is 11.8 Å². The molecule has 4 rings (SSSR count). The van der Waals surface area contributed by atoms with E-state index in [0.29, 0.717) is 33.7 Å². The standard InChI is InChI=1S/C21H16F3N3O3S2/c22-21(23,24)31-15-8-6-14(7-9-15)30-12-20-26-17-10-5-13(11-18(17)27-20)16-3-1-2-4-19(16)32(25,28)29/h1-11H,12H2,(H,26,27)(H2,25,28,29). The van der Waals surface area contributed by atoms with Gasteiger partial charge in [-0.15, -0.1) is 0 Å². The molecular weight excluding hydrogens is 463 g/mol.